The Kier molecular flexibility index (Phi) is 7.33. The van der Waals surface area contributed by atoms with Gasteiger partial charge in [-0.3, -0.25) is 0 Å². The Morgan fingerprint density at radius 2 is 0.931 bits per heavy atom. The highest BCUT2D eigenvalue weighted by Gasteiger charge is 2.21. The molecule has 12 rings (SSSR count). The average molecular weight is 762 g/mol. The second-order valence-corrected chi connectivity index (χ2v) is 15.6. The topological polar surface area (TPSA) is 55.3 Å². The Morgan fingerprint density at radius 1 is 0.397 bits per heavy atom. The van der Waals surface area contributed by atoms with Crippen LogP contribution >= 0.6 is 11.3 Å². The van der Waals surface area contributed by atoms with Gasteiger partial charge in [-0.2, -0.15) is 0 Å². The van der Waals surface area contributed by atoms with E-state index < -0.39 is 0 Å². The number of furan rings is 2. The van der Waals surface area contributed by atoms with Crippen LogP contribution in [0.2, 0.25) is 0 Å². The number of para-hydroxylation sites is 2. The second-order valence-electron chi connectivity index (χ2n) is 14.5. The summed E-state index contributed by atoms with van der Waals surface area (Å²) in [6.07, 6.45) is 0. The average Bonchev–Trinajstić information content (AvgIpc) is 3.99. The minimum Gasteiger partial charge on any atom is -0.452 e. The number of hydrogen-bond acceptors (Lipinski definition) is 6. The number of rotatable bonds is 6. The van der Waals surface area contributed by atoms with E-state index in [1.54, 1.807) is 11.3 Å². The summed E-state index contributed by atoms with van der Waals surface area (Å²) in [4.78, 5) is 12.9. The first-order valence-corrected chi connectivity index (χ1v) is 20.1. The number of hydrogen-bond donors (Lipinski definition) is 0. The van der Waals surface area contributed by atoms with Crippen LogP contribution < -0.4 is 4.90 Å². The van der Waals surface area contributed by atoms with E-state index in [-0.39, 0.29) is 0 Å². The molecule has 0 radical (unpaired) electrons. The molecule has 0 unspecified atom stereocenters. The SMILES string of the molecule is c1ccc(-c2ccc(N(c3ccccc3)c3ccc(-c4nc(-c5ccc6c(c5)oc5c6ccc6c7ccccc7oc65)c5sc6ccccc6c5n4)cc3)cc2)cc1. The molecule has 0 N–H and O–H groups in total. The van der Waals surface area contributed by atoms with Crippen LogP contribution in [-0.4, -0.2) is 9.97 Å². The molecule has 5 nitrogen and oxygen atoms in total. The van der Waals surface area contributed by atoms with Crippen molar-refractivity contribution >= 4 is 92.6 Å². The van der Waals surface area contributed by atoms with Gasteiger partial charge >= 0.3 is 0 Å². The van der Waals surface area contributed by atoms with Crippen LogP contribution in [0.25, 0.3) is 98.0 Å². The van der Waals surface area contributed by atoms with Crippen LogP contribution in [-0.2, 0) is 0 Å². The van der Waals surface area contributed by atoms with E-state index in [0.29, 0.717) is 5.82 Å². The number of benzene rings is 8. The molecule has 12 aromatic rings. The molecule has 0 amide bonds. The van der Waals surface area contributed by atoms with Gasteiger partial charge < -0.3 is 13.7 Å². The summed E-state index contributed by atoms with van der Waals surface area (Å²) in [6.45, 7) is 0. The van der Waals surface area contributed by atoms with Crippen LogP contribution in [0.1, 0.15) is 0 Å². The Hall–Kier alpha value is -7.54. The van der Waals surface area contributed by atoms with Crippen LogP contribution in [0.4, 0.5) is 17.1 Å². The largest absolute Gasteiger partial charge is 0.452 e. The minimum absolute atomic E-state index is 0.671. The summed E-state index contributed by atoms with van der Waals surface area (Å²) in [5.74, 6) is 0.671. The summed E-state index contributed by atoms with van der Waals surface area (Å²) in [6, 6.07) is 65.6. The van der Waals surface area contributed by atoms with E-state index >= 15 is 0 Å². The van der Waals surface area contributed by atoms with Gasteiger partial charge in [0.1, 0.15) is 11.2 Å². The molecule has 0 aliphatic heterocycles. The molecule has 0 fully saturated rings. The van der Waals surface area contributed by atoms with Crippen molar-refractivity contribution in [1.82, 2.24) is 9.97 Å². The van der Waals surface area contributed by atoms with Crippen molar-refractivity contribution in [3.05, 3.63) is 188 Å². The Morgan fingerprint density at radius 3 is 1.67 bits per heavy atom. The lowest BCUT2D eigenvalue weighted by atomic mass is 10.0. The monoisotopic (exact) mass is 761 g/mol. The van der Waals surface area contributed by atoms with Crippen molar-refractivity contribution in [2.24, 2.45) is 0 Å². The number of aromatic nitrogens is 2. The first-order valence-electron chi connectivity index (χ1n) is 19.3. The lowest BCUT2D eigenvalue weighted by Gasteiger charge is -2.25. The molecule has 0 saturated heterocycles. The quantitative estimate of drug-likeness (QED) is 0.169. The molecule has 58 heavy (non-hydrogen) atoms. The molecule has 6 heteroatoms. The normalized spacial score (nSPS) is 11.8. The van der Waals surface area contributed by atoms with Crippen molar-refractivity contribution in [2.45, 2.75) is 0 Å². The highest BCUT2D eigenvalue weighted by Crippen LogP contribution is 2.43. The maximum Gasteiger partial charge on any atom is 0.178 e. The summed E-state index contributed by atoms with van der Waals surface area (Å²) in [5.41, 5.74) is 12.5. The Balaban J connectivity index is 0.975. The maximum absolute atomic E-state index is 6.64. The third-order valence-electron chi connectivity index (χ3n) is 11.1. The van der Waals surface area contributed by atoms with Gasteiger partial charge in [0.2, 0.25) is 0 Å². The van der Waals surface area contributed by atoms with E-state index in [1.165, 1.54) is 15.8 Å². The number of thiophene rings is 1. The van der Waals surface area contributed by atoms with E-state index in [2.05, 4.69) is 163 Å². The second kappa shape index (κ2) is 13.0. The number of fused-ring (bicyclic) bond motifs is 10. The minimum atomic E-state index is 0.671. The Bertz CT molecular complexity index is 3500. The molecular weight excluding hydrogens is 731 g/mol. The van der Waals surface area contributed by atoms with Gasteiger partial charge in [-0.05, 0) is 96.1 Å². The van der Waals surface area contributed by atoms with Crippen molar-refractivity contribution in [1.29, 1.82) is 0 Å². The van der Waals surface area contributed by atoms with Crippen LogP contribution in [0.3, 0.4) is 0 Å². The van der Waals surface area contributed by atoms with Crippen molar-refractivity contribution in [2.75, 3.05) is 4.90 Å². The fourth-order valence-corrected chi connectivity index (χ4v) is 9.45. The first kappa shape index (κ1) is 32.7. The van der Waals surface area contributed by atoms with Gasteiger partial charge in [-0.15, -0.1) is 11.3 Å². The standard InChI is InChI=1S/C52H31N3O2S/c1-3-11-32(12-4-1)33-19-24-37(25-20-33)55(36-13-5-2-6-14-36)38-26-21-34(22-27-38)52-53-47(51-48(54-52)43-16-8-10-18-46(43)58-51)35-23-28-40-42-30-29-41-39-15-7-9-17-44(39)56-49(41)50(42)57-45(40)31-35/h1-31H. The zero-order chi connectivity index (χ0) is 38.2. The van der Waals surface area contributed by atoms with Crippen molar-refractivity contribution in [3.8, 4) is 33.8 Å². The fraction of sp³-hybridized carbons (Fsp3) is 0. The molecule has 0 aliphatic rings. The third kappa shape index (κ3) is 5.23. The summed E-state index contributed by atoms with van der Waals surface area (Å²) in [7, 11) is 0. The Labute approximate surface area is 336 Å². The summed E-state index contributed by atoms with van der Waals surface area (Å²) < 4.78 is 15.2. The highest BCUT2D eigenvalue weighted by molar-refractivity contribution is 7.26. The molecule has 0 saturated carbocycles. The van der Waals surface area contributed by atoms with Gasteiger partial charge in [-0.25, -0.2) is 9.97 Å². The van der Waals surface area contributed by atoms with E-state index in [4.69, 9.17) is 18.8 Å². The number of anilines is 3. The van der Waals surface area contributed by atoms with E-state index in [9.17, 15) is 0 Å². The lowest BCUT2D eigenvalue weighted by molar-refractivity contribution is 0.633. The van der Waals surface area contributed by atoms with E-state index in [1.807, 2.05) is 30.3 Å². The molecule has 0 aliphatic carbocycles. The molecule has 0 bridgehead atoms. The van der Waals surface area contributed by atoms with Gasteiger partial charge in [0.25, 0.3) is 0 Å². The molecule has 0 spiro atoms. The third-order valence-corrected chi connectivity index (χ3v) is 12.3. The zero-order valence-electron chi connectivity index (χ0n) is 31.0. The molecule has 272 valence electrons. The van der Waals surface area contributed by atoms with Gasteiger partial charge in [0.05, 0.1) is 15.9 Å². The summed E-state index contributed by atoms with van der Waals surface area (Å²) in [5, 5.41) is 5.32. The molecular formula is C52H31N3O2S. The van der Waals surface area contributed by atoms with Gasteiger partial charge in [0.15, 0.2) is 17.0 Å². The van der Waals surface area contributed by atoms with Gasteiger partial charge in [-0.1, -0.05) is 103 Å². The number of nitrogens with zero attached hydrogens (tertiary/aromatic N) is 3. The van der Waals surface area contributed by atoms with E-state index in [0.717, 1.165) is 93.4 Å². The zero-order valence-corrected chi connectivity index (χ0v) is 31.8. The smallest absolute Gasteiger partial charge is 0.178 e. The van der Waals surface area contributed by atoms with Crippen LogP contribution in [0.5, 0.6) is 0 Å². The van der Waals surface area contributed by atoms with Crippen molar-refractivity contribution < 1.29 is 8.83 Å². The maximum atomic E-state index is 6.64. The fourth-order valence-electron chi connectivity index (χ4n) is 8.30. The van der Waals surface area contributed by atoms with Crippen LogP contribution in [0.15, 0.2) is 197 Å². The predicted molar refractivity (Wildman–Crippen MR) is 240 cm³/mol. The molecule has 0 atom stereocenters. The summed E-state index contributed by atoms with van der Waals surface area (Å²) >= 11 is 1.73. The van der Waals surface area contributed by atoms with Gasteiger partial charge in [0, 0.05) is 59.8 Å². The highest BCUT2D eigenvalue weighted by atomic mass is 32.1. The first-order chi connectivity index (χ1) is 28.7. The molecule has 8 aromatic carbocycles. The van der Waals surface area contributed by atoms with Crippen molar-refractivity contribution in [3.63, 3.8) is 0 Å². The lowest BCUT2D eigenvalue weighted by Crippen LogP contribution is -2.09. The molecule has 4 heterocycles. The molecule has 4 aromatic heterocycles. The van der Waals surface area contributed by atoms with Crippen LogP contribution in [0, 0.1) is 0 Å². The predicted octanol–water partition coefficient (Wildman–Crippen LogP) is 15.1.